The summed E-state index contributed by atoms with van der Waals surface area (Å²) >= 11 is 0. The van der Waals surface area contributed by atoms with Gasteiger partial charge in [-0.25, -0.2) is 4.68 Å². The van der Waals surface area contributed by atoms with Gasteiger partial charge in [-0.2, -0.15) is 5.10 Å². The normalized spacial score (nSPS) is 40.1. The third kappa shape index (κ3) is 3.81. The highest BCUT2D eigenvalue weighted by atomic mass is 16.4. The summed E-state index contributed by atoms with van der Waals surface area (Å²) < 4.78 is 2.25. The van der Waals surface area contributed by atoms with E-state index >= 15 is 0 Å². The van der Waals surface area contributed by atoms with Crippen LogP contribution in [0.3, 0.4) is 0 Å². The number of fused-ring (bicyclic) bond motifs is 8. The Morgan fingerprint density at radius 1 is 0.932 bits per heavy atom. The van der Waals surface area contributed by atoms with Crippen molar-refractivity contribution in [2.24, 2.45) is 44.8 Å². The number of allylic oxidation sites excluding steroid dienone is 2. The molecule has 3 saturated carbocycles. The van der Waals surface area contributed by atoms with Crippen LogP contribution in [0.2, 0.25) is 0 Å². The Morgan fingerprint density at radius 3 is 2.27 bits per heavy atom. The third-order valence-corrected chi connectivity index (χ3v) is 15.0. The van der Waals surface area contributed by atoms with Gasteiger partial charge in [0.1, 0.15) is 0 Å². The molecule has 2 aromatic rings. The molecule has 0 spiro atoms. The van der Waals surface area contributed by atoms with Crippen molar-refractivity contribution in [3.8, 4) is 5.69 Å². The lowest BCUT2D eigenvalue weighted by atomic mass is 9.33. The highest BCUT2D eigenvalue weighted by Crippen LogP contribution is 2.75. The van der Waals surface area contributed by atoms with E-state index in [2.05, 4.69) is 104 Å². The fourth-order valence-corrected chi connectivity index (χ4v) is 12.4. The van der Waals surface area contributed by atoms with Gasteiger partial charge >= 0.3 is 5.97 Å². The van der Waals surface area contributed by atoms with Gasteiger partial charge in [-0.1, -0.05) is 86.1 Å². The molecule has 0 unspecified atom stereocenters. The summed E-state index contributed by atoms with van der Waals surface area (Å²) in [6.45, 7) is 22.0. The van der Waals surface area contributed by atoms with Crippen LogP contribution in [0.4, 0.5) is 0 Å². The van der Waals surface area contributed by atoms with E-state index in [0.717, 1.165) is 44.9 Å². The standard InChI is InChI=1S/C40H56N2O2/c1-25(2)26-10-12-28(13-11-26)42-33-27(24-41-42)22-37(7)31(36(33,5)6)16-17-39(9)32(37)15-14-29-30-23-35(3,4)18-20-40(30,34(43)44)21-19-38(29,39)8/h10-14,24-25,30-32H,15-23H2,1-9H3,(H,43,44)/t30-,31-,32+,37-,38+,39+,40-/m0/s1. The Labute approximate surface area is 266 Å². The lowest BCUT2D eigenvalue weighted by Gasteiger charge is -2.70. The molecule has 4 nitrogen and oxygen atoms in total. The molecular formula is C40H56N2O2. The Balaban J connectivity index is 1.29. The predicted octanol–water partition coefficient (Wildman–Crippen LogP) is 9.90. The van der Waals surface area contributed by atoms with Gasteiger partial charge < -0.3 is 5.11 Å². The van der Waals surface area contributed by atoms with E-state index in [9.17, 15) is 9.90 Å². The molecule has 1 aromatic heterocycles. The van der Waals surface area contributed by atoms with Crippen LogP contribution in [-0.4, -0.2) is 20.9 Å². The molecule has 7 rings (SSSR count). The summed E-state index contributed by atoms with van der Waals surface area (Å²) in [5.74, 6) is 1.28. The summed E-state index contributed by atoms with van der Waals surface area (Å²) in [7, 11) is 0. The fourth-order valence-electron chi connectivity index (χ4n) is 12.4. The number of nitrogens with zero attached hydrogens (tertiary/aromatic N) is 2. The zero-order valence-corrected chi connectivity index (χ0v) is 28.9. The number of carboxylic acid groups (broad SMARTS) is 1. The van der Waals surface area contributed by atoms with Crippen LogP contribution in [-0.2, 0) is 16.6 Å². The lowest BCUT2D eigenvalue weighted by molar-refractivity contribution is -0.177. The average Bonchev–Trinajstić information content (AvgIpc) is 3.37. The molecule has 0 radical (unpaired) electrons. The molecule has 0 bridgehead atoms. The highest BCUT2D eigenvalue weighted by molar-refractivity contribution is 5.76. The van der Waals surface area contributed by atoms with Crippen molar-refractivity contribution in [1.29, 1.82) is 0 Å². The summed E-state index contributed by atoms with van der Waals surface area (Å²) in [6.07, 6.45) is 14.1. The highest BCUT2D eigenvalue weighted by Gasteiger charge is 2.69. The van der Waals surface area contributed by atoms with Gasteiger partial charge in [0.2, 0.25) is 0 Å². The van der Waals surface area contributed by atoms with Crippen molar-refractivity contribution in [1.82, 2.24) is 9.78 Å². The SMILES string of the molecule is CC(C)c1ccc(-n2ncc3c2C(C)(C)[C@@H]2CC[C@]4(C)[C@H](CC=C5[C@@H]6CC(C)(C)CC[C@]6(C(=O)O)CC[C@]54C)[C@@]2(C)C3)cc1. The second-order valence-electron chi connectivity index (χ2n) is 18.3. The number of carbonyl (C=O) groups is 1. The van der Waals surface area contributed by atoms with E-state index in [-0.39, 0.29) is 33.0 Å². The van der Waals surface area contributed by atoms with Crippen molar-refractivity contribution in [2.45, 2.75) is 131 Å². The van der Waals surface area contributed by atoms with Gasteiger partial charge in [-0.3, -0.25) is 4.79 Å². The molecule has 44 heavy (non-hydrogen) atoms. The maximum absolute atomic E-state index is 13.0. The first kappa shape index (κ1) is 30.3. The second kappa shape index (κ2) is 9.35. The van der Waals surface area contributed by atoms with E-state index in [0.29, 0.717) is 17.8 Å². The van der Waals surface area contributed by atoms with Crippen LogP contribution in [0, 0.1) is 44.8 Å². The maximum atomic E-state index is 13.0. The fraction of sp³-hybridized carbons (Fsp3) is 0.700. The number of carboxylic acids is 1. The van der Waals surface area contributed by atoms with Crippen LogP contribution >= 0.6 is 0 Å². The predicted molar refractivity (Wildman–Crippen MR) is 178 cm³/mol. The van der Waals surface area contributed by atoms with E-state index in [1.807, 2.05) is 0 Å². The minimum Gasteiger partial charge on any atom is -0.481 e. The van der Waals surface area contributed by atoms with Crippen LogP contribution < -0.4 is 0 Å². The monoisotopic (exact) mass is 596 g/mol. The van der Waals surface area contributed by atoms with Gasteiger partial charge in [0.25, 0.3) is 0 Å². The first-order chi connectivity index (χ1) is 20.5. The molecule has 3 fully saturated rings. The average molecular weight is 597 g/mol. The first-order valence-electron chi connectivity index (χ1n) is 17.6. The van der Waals surface area contributed by atoms with Gasteiger partial charge in [0.05, 0.1) is 23.0 Å². The molecule has 1 heterocycles. The summed E-state index contributed by atoms with van der Waals surface area (Å²) in [4.78, 5) is 13.0. The van der Waals surface area contributed by atoms with Crippen molar-refractivity contribution < 1.29 is 9.90 Å². The van der Waals surface area contributed by atoms with Crippen molar-refractivity contribution in [2.75, 3.05) is 0 Å². The number of hydrogen-bond donors (Lipinski definition) is 1. The second-order valence-corrected chi connectivity index (χ2v) is 18.3. The zero-order valence-electron chi connectivity index (χ0n) is 28.9. The van der Waals surface area contributed by atoms with Gasteiger partial charge in [0.15, 0.2) is 0 Å². The van der Waals surface area contributed by atoms with E-state index in [1.54, 1.807) is 0 Å². The van der Waals surface area contributed by atoms with E-state index < -0.39 is 11.4 Å². The first-order valence-corrected chi connectivity index (χ1v) is 17.6. The van der Waals surface area contributed by atoms with Crippen LogP contribution in [0.1, 0.15) is 136 Å². The third-order valence-electron chi connectivity index (χ3n) is 15.0. The van der Waals surface area contributed by atoms with Gasteiger partial charge in [0, 0.05) is 5.41 Å². The molecule has 238 valence electrons. The smallest absolute Gasteiger partial charge is 0.310 e. The van der Waals surface area contributed by atoms with Gasteiger partial charge in [-0.15, -0.1) is 0 Å². The summed E-state index contributed by atoms with van der Waals surface area (Å²) in [5.41, 5.74) is 6.89. The minimum absolute atomic E-state index is 0.000198. The number of hydrogen-bond acceptors (Lipinski definition) is 2. The van der Waals surface area contributed by atoms with E-state index in [4.69, 9.17) is 5.10 Å². The van der Waals surface area contributed by atoms with E-state index in [1.165, 1.54) is 40.9 Å². The summed E-state index contributed by atoms with van der Waals surface area (Å²) in [6, 6.07) is 9.05. The topological polar surface area (TPSA) is 55.1 Å². The molecule has 5 aliphatic rings. The zero-order chi connectivity index (χ0) is 31.7. The molecule has 5 aliphatic carbocycles. The molecular weight excluding hydrogens is 540 g/mol. The Bertz CT molecular complexity index is 1530. The molecule has 4 heteroatoms. The number of aromatic nitrogens is 2. The number of aliphatic carboxylic acids is 1. The number of benzene rings is 1. The minimum atomic E-state index is -0.575. The van der Waals surface area contributed by atoms with Crippen LogP contribution in [0.5, 0.6) is 0 Å². The maximum Gasteiger partial charge on any atom is 0.310 e. The van der Waals surface area contributed by atoms with Gasteiger partial charge in [-0.05, 0) is 126 Å². The van der Waals surface area contributed by atoms with Crippen molar-refractivity contribution >= 4 is 5.97 Å². The molecule has 0 saturated heterocycles. The Kier molecular flexibility index (Phi) is 6.44. The molecule has 1 aromatic carbocycles. The quantitative estimate of drug-likeness (QED) is 0.359. The van der Waals surface area contributed by atoms with Crippen molar-refractivity contribution in [3.05, 3.63) is 58.9 Å². The number of rotatable bonds is 3. The molecule has 0 aliphatic heterocycles. The van der Waals surface area contributed by atoms with Crippen LogP contribution in [0.25, 0.3) is 5.69 Å². The van der Waals surface area contributed by atoms with Crippen LogP contribution in [0.15, 0.2) is 42.1 Å². The Morgan fingerprint density at radius 2 is 1.61 bits per heavy atom. The molecule has 1 N–H and O–H groups in total. The Hall–Kier alpha value is -2.36. The lowest BCUT2D eigenvalue weighted by Crippen LogP contribution is -2.64. The molecule has 0 amide bonds. The largest absolute Gasteiger partial charge is 0.481 e. The molecule has 7 atom stereocenters. The van der Waals surface area contributed by atoms with Crippen molar-refractivity contribution in [3.63, 3.8) is 0 Å². The summed E-state index contributed by atoms with van der Waals surface area (Å²) in [5, 5.41) is 15.8.